The fourth-order valence-electron chi connectivity index (χ4n) is 1.63. The van der Waals surface area contributed by atoms with Crippen molar-refractivity contribution in [3.63, 3.8) is 0 Å². The van der Waals surface area contributed by atoms with E-state index in [1.54, 1.807) is 12.4 Å². The molecule has 0 aliphatic rings. The first-order valence-electron chi connectivity index (χ1n) is 6.53. The van der Waals surface area contributed by atoms with Gasteiger partial charge in [0.15, 0.2) is 0 Å². The Labute approximate surface area is 113 Å². The fourth-order valence-corrected chi connectivity index (χ4v) is 1.63. The molecule has 0 aromatic carbocycles. The second-order valence-electron chi connectivity index (χ2n) is 4.30. The lowest BCUT2D eigenvalue weighted by Gasteiger charge is -2.06. The minimum absolute atomic E-state index is 0.694. The molecule has 5 nitrogen and oxygen atoms in total. The van der Waals surface area contributed by atoms with Gasteiger partial charge >= 0.3 is 0 Å². The van der Waals surface area contributed by atoms with Gasteiger partial charge in [-0.25, -0.2) is 9.97 Å². The SMILES string of the molecule is CCCNc1ncc(CNCc2ccncc2)cn1. The zero-order valence-corrected chi connectivity index (χ0v) is 11.1. The number of nitrogens with zero attached hydrogens (tertiary/aromatic N) is 3. The molecule has 0 saturated carbocycles. The summed E-state index contributed by atoms with van der Waals surface area (Å²) in [5, 5.41) is 6.51. The highest BCUT2D eigenvalue weighted by Crippen LogP contribution is 2.01. The van der Waals surface area contributed by atoms with Crippen molar-refractivity contribution in [2.45, 2.75) is 26.4 Å². The van der Waals surface area contributed by atoms with Crippen LogP contribution in [0.5, 0.6) is 0 Å². The maximum atomic E-state index is 4.27. The van der Waals surface area contributed by atoms with Crippen LogP contribution in [0.2, 0.25) is 0 Å². The van der Waals surface area contributed by atoms with Gasteiger partial charge in [-0.1, -0.05) is 6.92 Å². The van der Waals surface area contributed by atoms with Crippen molar-refractivity contribution in [2.24, 2.45) is 0 Å². The van der Waals surface area contributed by atoms with E-state index in [0.29, 0.717) is 5.95 Å². The lowest BCUT2D eigenvalue weighted by Crippen LogP contribution is -2.13. The van der Waals surface area contributed by atoms with Crippen LogP contribution in [0.15, 0.2) is 36.9 Å². The largest absolute Gasteiger partial charge is 0.354 e. The molecule has 5 heteroatoms. The van der Waals surface area contributed by atoms with E-state index in [9.17, 15) is 0 Å². The first-order chi connectivity index (χ1) is 9.38. The van der Waals surface area contributed by atoms with E-state index in [2.05, 4.69) is 32.5 Å². The molecule has 19 heavy (non-hydrogen) atoms. The van der Waals surface area contributed by atoms with E-state index in [4.69, 9.17) is 0 Å². The van der Waals surface area contributed by atoms with Gasteiger partial charge in [-0.3, -0.25) is 4.98 Å². The van der Waals surface area contributed by atoms with Gasteiger partial charge in [0, 0.05) is 50.0 Å². The van der Waals surface area contributed by atoms with Gasteiger partial charge in [0.25, 0.3) is 0 Å². The Morgan fingerprint density at radius 3 is 2.37 bits per heavy atom. The number of anilines is 1. The van der Waals surface area contributed by atoms with E-state index < -0.39 is 0 Å². The third-order valence-corrected chi connectivity index (χ3v) is 2.65. The van der Waals surface area contributed by atoms with E-state index in [-0.39, 0.29) is 0 Å². The zero-order valence-electron chi connectivity index (χ0n) is 11.1. The highest BCUT2D eigenvalue weighted by Gasteiger charge is 1.97. The first-order valence-corrected chi connectivity index (χ1v) is 6.53. The molecule has 0 unspecified atom stereocenters. The molecule has 0 bridgehead atoms. The standard InChI is InChI=1S/C14H19N5/c1-2-5-17-14-18-10-13(11-19-14)9-16-8-12-3-6-15-7-4-12/h3-4,6-7,10-11,16H,2,5,8-9H2,1H3,(H,17,18,19). The van der Waals surface area contributed by atoms with Gasteiger partial charge < -0.3 is 10.6 Å². The summed E-state index contributed by atoms with van der Waals surface area (Å²) >= 11 is 0. The van der Waals surface area contributed by atoms with Crippen molar-refractivity contribution in [3.8, 4) is 0 Å². The summed E-state index contributed by atoms with van der Waals surface area (Å²) in [6, 6.07) is 4.00. The monoisotopic (exact) mass is 257 g/mol. The molecule has 0 radical (unpaired) electrons. The molecule has 2 N–H and O–H groups in total. The second-order valence-corrected chi connectivity index (χ2v) is 4.30. The smallest absolute Gasteiger partial charge is 0.222 e. The number of pyridine rings is 1. The zero-order chi connectivity index (χ0) is 13.3. The second kappa shape index (κ2) is 7.43. The summed E-state index contributed by atoms with van der Waals surface area (Å²) < 4.78 is 0. The Morgan fingerprint density at radius 2 is 1.68 bits per heavy atom. The van der Waals surface area contributed by atoms with Crippen LogP contribution >= 0.6 is 0 Å². The Kier molecular flexibility index (Phi) is 5.25. The maximum Gasteiger partial charge on any atom is 0.222 e. The van der Waals surface area contributed by atoms with Crippen molar-refractivity contribution in [1.29, 1.82) is 0 Å². The Bertz CT molecular complexity index is 469. The number of aromatic nitrogens is 3. The van der Waals surface area contributed by atoms with Crippen LogP contribution in [-0.2, 0) is 13.1 Å². The fraction of sp³-hybridized carbons (Fsp3) is 0.357. The number of hydrogen-bond donors (Lipinski definition) is 2. The summed E-state index contributed by atoms with van der Waals surface area (Å²) in [7, 11) is 0. The van der Waals surface area contributed by atoms with Crippen molar-refractivity contribution in [2.75, 3.05) is 11.9 Å². The van der Waals surface area contributed by atoms with Gasteiger partial charge in [0.1, 0.15) is 0 Å². The molecule has 100 valence electrons. The van der Waals surface area contributed by atoms with Crippen molar-refractivity contribution in [1.82, 2.24) is 20.3 Å². The molecule has 2 aromatic heterocycles. The minimum atomic E-state index is 0.694. The molecular weight excluding hydrogens is 238 g/mol. The van der Waals surface area contributed by atoms with Crippen LogP contribution in [0, 0.1) is 0 Å². The van der Waals surface area contributed by atoms with Gasteiger partial charge in [-0.05, 0) is 24.1 Å². The van der Waals surface area contributed by atoms with Crippen LogP contribution in [0.25, 0.3) is 0 Å². The third kappa shape index (κ3) is 4.63. The first kappa shape index (κ1) is 13.4. The quantitative estimate of drug-likeness (QED) is 0.794. The molecule has 2 aromatic rings. The van der Waals surface area contributed by atoms with Crippen LogP contribution in [0.1, 0.15) is 24.5 Å². The summed E-state index contributed by atoms with van der Waals surface area (Å²) in [4.78, 5) is 12.5. The van der Waals surface area contributed by atoms with Crippen molar-refractivity contribution in [3.05, 3.63) is 48.0 Å². The van der Waals surface area contributed by atoms with Crippen molar-refractivity contribution >= 4 is 5.95 Å². The molecule has 2 heterocycles. The minimum Gasteiger partial charge on any atom is -0.354 e. The molecule has 0 atom stereocenters. The van der Waals surface area contributed by atoms with Crippen molar-refractivity contribution < 1.29 is 0 Å². The molecule has 0 aliphatic carbocycles. The molecule has 0 saturated heterocycles. The summed E-state index contributed by atoms with van der Waals surface area (Å²) in [6.45, 7) is 4.60. The lowest BCUT2D eigenvalue weighted by molar-refractivity contribution is 0.688. The number of hydrogen-bond acceptors (Lipinski definition) is 5. The molecule has 0 fully saturated rings. The Balaban J connectivity index is 1.77. The molecule has 2 rings (SSSR count). The van der Waals surface area contributed by atoms with Crippen LogP contribution in [0.4, 0.5) is 5.95 Å². The van der Waals surface area contributed by atoms with Gasteiger partial charge in [0.05, 0.1) is 0 Å². The molecule has 0 amide bonds. The summed E-state index contributed by atoms with van der Waals surface area (Å²) in [6.07, 6.45) is 8.37. The summed E-state index contributed by atoms with van der Waals surface area (Å²) in [5.74, 6) is 0.694. The number of nitrogens with one attached hydrogen (secondary N) is 2. The average Bonchev–Trinajstić information content (AvgIpc) is 2.47. The highest BCUT2D eigenvalue weighted by molar-refractivity contribution is 5.24. The van der Waals surface area contributed by atoms with Crippen LogP contribution in [0.3, 0.4) is 0 Å². The van der Waals surface area contributed by atoms with E-state index in [1.807, 2.05) is 24.5 Å². The average molecular weight is 257 g/mol. The van der Waals surface area contributed by atoms with Gasteiger partial charge in [0.2, 0.25) is 5.95 Å². The molecular formula is C14H19N5. The van der Waals surface area contributed by atoms with E-state index in [0.717, 1.165) is 31.6 Å². The van der Waals surface area contributed by atoms with Crippen LogP contribution < -0.4 is 10.6 Å². The topological polar surface area (TPSA) is 62.7 Å². The Hall–Kier alpha value is -2.01. The molecule has 0 aliphatic heterocycles. The van der Waals surface area contributed by atoms with E-state index in [1.165, 1.54) is 5.56 Å². The van der Waals surface area contributed by atoms with E-state index >= 15 is 0 Å². The summed E-state index contributed by atoms with van der Waals surface area (Å²) in [5.41, 5.74) is 2.30. The number of rotatable bonds is 7. The van der Waals surface area contributed by atoms with Gasteiger partial charge in [-0.2, -0.15) is 0 Å². The van der Waals surface area contributed by atoms with Crippen LogP contribution in [-0.4, -0.2) is 21.5 Å². The maximum absolute atomic E-state index is 4.27. The predicted molar refractivity (Wildman–Crippen MR) is 75.6 cm³/mol. The molecule has 0 spiro atoms. The predicted octanol–water partition coefficient (Wildman–Crippen LogP) is 1.98. The Morgan fingerprint density at radius 1 is 1.00 bits per heavy atom. The third-order valence-electron chi connectivity index (χ3n) is 2.65. The van der Waals surface area contributed by atoms with Gasteiger partial charge in [-0.15, -0.1) is 0 Å². The lowest BCUT2D eigenvalue weighted by atomic mass is 10.2. The normalized spacial score (nSPS) is 10.4. The highest BCUT2D eigenvalue weighted by atomic mass is 15.1.